The van der Waals surface area contributed by atoms with E-state index in [1.54, 1.807) is 0 Å². The molecule has 0 aliphatic carbocycles. The fourth-order valence-corrected chi connectivity index (χ4v) is 2.82. The highest BCUT2D eigenvalue weighted by Gasteiger charge is 2.11. The van der Waals surface area contributed by atoms with E-state index in [0.29, 0.717) is 5.13 Å². The summed E-state index contributed by atoms with van der Waals surface area (Å²) in [4.78, 5) is 12.1. The van der Waals surface area contributed by atoms with Crippen molar-refractivity contribution in [2.24, 2.45) is 0 Å². The van der Waals surface area contributed by atoms with Crippen LogP contribution < -0.4 is 5.32 Å². The van der Waals surface area contributed by atoms with Crippen molar-refractivity contribution in [3.05, 3.63) is 41.0 Å². The number of aromatic nitrogens is 3. The third kappa shape index (κ3) is 2.42. The number of benzene rings is 1. The second kappa shape index (κ2) is 5.05. The number of carbonyl (C=O) groups excluding carboxylic acids is 1. The minimum absolute atomic E-state index is 0.0920. The van der Waals surface area contributed by atoms with Crippen molar-refractivity contribution in [3.8, 4) is 0 Å². The van der Waals surface area contributed by atoms with Crippen molar-refractivity contribution in [1.29, 1.82) is 0 Å². The van der Waals surface area contributed by atoms with Gasteiger partial charge in [-0.25, -0.2) is 0 Å². The molecule has 20 heavy (non-hydrogen) atoms. The van der Waals surface area contributed by atoms with E-state index in [1.165, 1.54) is 11.3 Å². The summed E-state index contributed by atoms with van der Waals surface area (Å²) in [5, 5.41) is 13.1. The van der Waals surface area contributed by atoms with Gasteiger partial charge in [0.15, 0.2) is 0 Å². The molecule has 0 spiro atoms. The summed E-state index contributed by atoms with van der Waals surface area (Å²) >= 11 is 1.37. The first-order valence-electron chi connectivity index (χ1n) is 6.28. The zero-order valence-electron chi connectivity index (χ0n) is 11.3. The third-order valence-electron chi connectivity index (χ3n) is 3.09. The van der Waals surface area contributed by atoms with Crippen LogP contribution in [0.5, 0.6) is 0 Å². The summed E-state index contributed by atoms with van der Waals surface area (Å²) in [5.74, 6) is -0.0920. The van der Waals surface area contributed by atoms with E-state index in [9.17, 15) is 4.79 Å². The number of carbonyl (C=O) groups is 1. The second-order valence-corrected chi connectivity index (χ2v) is 5.79. The van der Waals surface area contributed by atoms with E-state index in [2.05, 4.69) is 21.6 Å². The summed E-state index contributed by atoms with van der Waals surface area (Å²) in [5.41, 5.74) is 2.13. The van der Waals surface area contributed by atoms with Crippen molar-refractivity contribution in [3.63, 3.8) is 0 Å². The number of nitrogens with zero attached hydrogens (tertiary/aromatic N) is 3. The molecule has 0 atom stereocenters. The Morgan fingerprint density at radius 3 is 2.85 bits per heavy atom. The van der Waals surface area contributed by atoms with E-state index < -0.39 is 0 Å². The molecule has 0 fully saturated rings. The van der Waals surface area contributed by atoms with Gasteiger partial charge in [0.25, 0.3) is 0 Å². The number of anilines is 1. The van der Waals surface area contributed by atoms with E-state index in [0.717, 1.165) is 21.6 Å². The Bertz CT molecular complexity index is 774. The summed E-state index contributed by atoms with van der Waals surface area (Å²) in [6.45, 7) is 4.14. The highest BCUT2D eigenvalue weighted by molar-refractivity contribution is 7.15. The van der Waals surface area contributed by atoms with Crippen LogP contribution in [0.4, 0.5) is 5.13 Å². The molecule has 0 bridgehead atoms. The Balaban J connectivity index is 1.82. The number of fused-ring (bicyclic) bond motifs is 1. The average Bonchev–Trinajstić information content (AvgIpc) is 2.94. The van der Waals surface area contributed by atoms with Crippen LogP contribution in [0.2, 0.25) is 0 Å². The Morgan fingerprint density at radius 1 is 1.30 bits per heavy atom. The largest absolute Gasteiger partial charge is 0.335 e. The first-order valence-corrected chi connectivity index (χ1v) is 7.10. The fourth-order valence-electron chi connectivity index (χ4n) is 2.21. The summed E-state index contributed by atoms with van der Waals surface area (Å²) < 4.78 is 2.00. The zero-order valence-corrected chi connectivity index (χ0v) is 12.1. The number of hydrogen-bond acceptors (Lipinski definition) is 4. The summed E-state index contributed by atoms with van der Waals surface area (Å²) in [6.07, 6.45) is 0. The van der Waals surface area contributed by atoms with E-state index >= 15 is 0 Å². The number of nitrogens with one attached hydrogen (secondary N) is 1. The van der Waals surface area contributed by atoms with Gasteiger partial charge in [0, 0.05) is 11.2 Å². The standard InChI is InChI=1S/C14H14N4OS/c1-9-7-11-5-3-4-6-12(11)18(9)8-13(19)15-14-17-16-10(2)20-14/h3-7H,8H2,1-2H3,(H,15,17,19). The van der Waals surface area contributed by atoms with Gasteiger partial charge in [-0.2, -0.15) is 0 Å². The fraction of sp³-hybridized carbons (Fsp3) is 0.214. The maximum Gasteiger partial charge on any atom is 0.246 e. The van der Waals surface area contributed by atoms with Crippen LogP contribution in [0.15, 0.2) is 30.3 Å². The predicted molar refractivity (Wildman–Crippen MR) is 80.0 cm³/mol. The molecule has 1 aromatic carbocycles. The molecule has 0 aliphatic rings. The average molecular weight is 286 g/mol. The van der Waals surface area contributed by atoms with Gasteiger partial charge in [0.2, 0.25) is 11.0 Å². The van der Waals surface area contributed by atoms with Gasteiger partial charge in [0.05, 0.1) is 0 Å². The van der Waals surface area contributed by atoms with Gasteiger partial charge in [-0.15, -0.1) is 10.2 Å². The molecule has 0 unspecified atom stereocenters. The molecule has 2 heterocycles. The summed E-state index contributed by atoms with van der Waals surface area (Å²) in [6, 6.07) is 10.1. The maximum atomic E-state index is 12.1. The van der Waals surface area contributed by atoms with Crippen LogP contribution in [0.1, 0.15) is 10.7 Å². The molecule has 0 saturated heterocycles. The Hall–Kier alpha value is -2.21. The van der Waals surface area contributed by atoms with Gasteiger partial charge in [0.1, 0.15) is 11.6 Å². The molecule has 3 aromatic rings. The van der Waals surface area contributed by atoms with Crippen LogP contribution in [-0.4, -0.2) is 20.7 Å². The first kappa shape index (κ1) is 12.8. The van der Waals surface area contributed by atoms with Gasteiger partial charge < -0.3 is 4.57 Å². The van der Waals surface area contributed by atoms with Crippen LogP contribution >= 0.6 is 11.3 Å². The molecule has 102 valence electrons. The number of hydrogen-bond donors (Lipinski definition) is 1. The molecule has 0 radical (unpaired) electrons. The SMILES string of the molecule is Cc1nnc(NC(=O)Cn2c(C)cc3ccccc32)s1. The van der Waals surface area contributed by atoms with Gasteiger partial charge in [-0.05, 0) is 31.4 Å². The minimum Gasteiger partial charge on any atom is -0.335 e. The molecule has 5 nitrogen and oxygen atoms in total. The number of aryl methyl sites for hydroxylation is 2. The van der Waals surface area contributed by atoms with Crippen LogP contribution in [0, 0.1) is 13.8 Å². The van der Waals surface area contributed by atoms with Crippen molar-refractivity contribution >= 4 is 33.3 Å². The molecule has 2 aromatic heterocycles. The Kier molecular flexibility index (Phi) is 3.23. The highest BCUT2D eigenvalue weighted by Crippen LogP contribution is 2.19. The lowest BCUT2D eigenvalue weighted by molar-refractivity contribution is -0.116. The molecule has 1 N–H and O–H groups in total. The van der Waals surface area contributed by atoms with Gasteiger partial charge in [-0.3, -0.25) is 10.1 Å². The molecular formula is C14H14N4OS. The minimum atomic E-state index is -0.0920. The van der Waals surface area contributed by atoms with Crippen molar-refractivity contribution in [2.75, 3.05) is 5.32 Å². The molecule has 0 aliphatic heterocycles. The lowest BCUT2D eigenvalue weighted by Gasteiger charge is -2.07. The smallest absolute Gasteiger partial charge is 0.246 e. The van der Waals surface area contributed by atoms with Gasteiger partial charge in [-0.1, -0.05) is 29.5 Å². The molecule has 0 saturated carbocycles. The van der Waals surface area contributed by atoms with Crippen molar-refractivity contribution in [1.82, 2.24) is 14.8 Å². The number of amides is 1. The molecule has 6 heteroatoms. The highest BCUT2D eigenvalue weighted by atomic mass is 32.1. The second-order valence-electron chi connectivity index (χ2n) is 4.61. The van der Waals surface area contributed by atoms with Crippen molar-refractivity contribution in [2.45, 2.75) is 20.4 Å². The molecular weight excluding hydrogens is 272 g/mol. The monoisotopic (exact) mass is 286 g/mol. The molecule has 3 rings (SSSR count). The maximum absolute atomic E-state index is 12.1. The van der Waals surface area contributed by atoms with E-state index in [-0.39, 0.29) is 12.5 Å². The van der Waals surface area contributed by atoms with Crippen LogP contribution in [0.25, 0.3) is 10.9 Å². The van der Waals surface area contributed by atoms with E-state index in [1.807, 2.05) is 42.7 Å². The number of rotatable bonds is 3. The lowest BCUT2D eigenvalue weighted by Crippen LogP contribution is -2.19. The normalized spacial score (nSPS) is 10.9. The molecule has 1 amide bonds. The van der Waals surface area contributed by atoms with Gasteiger partial charge >= 0.3 is 0 Å². The topological polar surface area (TPSA) is 59.8 Å². The zero-order chi connectivity index (χ0) is 14.1. The van der Waals surface area contributed by atoms with E-state index in [4.69, 9.17) is 0 Å². The van der Waals surface area contributed by atoms with Crippen molar-refractivity contribution < 1.29 is 4.79 Å². The Labute approximate surface area is 120 Å². The van der Waals surface area contributed by atoms with Crippen LogP contribution in [-0.2, 0) is 11.3 Å². The first-order chi connectivity index (χ1) is 9.63. The quantitative estimate of drug-likeness (QED) is 0.805. The third-order valence-corrected chi connectivity index (χ3v) is 3.85. The lowest BCUT2D eigenvalue weighted by atomic mass is 10.2. The summed E-state index contributed by atoms with van der Waals surface area (Å²) in [7, 11) is 0. The Morgan fingerprint density at radius 2 is 2.10 bits per heavy atom. The van der Waals surface area contributed by atoms with Crippen LogP contribution in [0.3, 0.4) is 0 Å². The predicted octanol–water partition coefficient (Wildman–Crippen LogP) is 2.75. The number of para-hydroxylation sites is 1.